The van der Waals surface area contributed by atoms with Gasteiger partial charge in [0, 0.05) is 24.9 Å². The van der Waals surface area contributed by atoms with Gasteiger partial charge in [-0.15, -0.1) is 0 Å². The van der Waals surface area contributed by atoms with Gasteiger partial charge in [-0.1, -0.05) is 18.2 Å². The van der Waals surface area contributed by atoms with Crippen molar-refractivity contribution in [2.24, 2.45) is 0 Å². The van der Waals surface area contributed by atoms with E-state index in [0.29, 0.717) is 11.4 Å². The summed E-state index contributed by atoms with van der Waals surface area (Å²) in [6, 6.07) is 14.8. The number of sulfonamides is 1. The van der Waals surface area contributed by atoms with Gasteiger partial charge in [0.25, 0.3) is 0 Å². The smallest absolute Gasteiger partial charge is 0.246 e. The topological polar surface area (TPSA) is 121 Å². The summed E-state index contributed by atoms with van der Waals surface area (Å²) in [6.07, 6.45) is 3.05. The first kappa shape index (κ1) is 21.5. The molecule has 2 heterocycles. The van der Waals surface area contributed by atoms with Gasteiger partial charge in [0.15, 0.2) is 0 Å². The molecule has 10 heteroatoms. The summed E-state index contributed by atoms with van der Waals surface area (Å²) < 4.78 is 29.1. The summed E-state index contributed by atoms with van der Waals surface area (Å²) in [5, 5.41) is 32.9. The van der Waals surface area contributed by atoms with Crippen LogP contribution in [-0.2, 0) is 16.6 Å². The molecule has 0 bridgehead atoms. The van der Waals surface area contributed by atoms with Crippen molar-refractivity contribution in [2.75, 3.05) is 7.05 Å². The van der Waals surface area contributed by atoms with Crippen LogP contribution in [-0.4, -0.2) is 50.0 Å². The number of hydrogen-bond acceptors (Lipinski definition) is 7. The van der Waals surface area contributed by atoms with Crippen molar-refractivity contribution in [1.29, 1.82) is 0 Å². The Morgan fingerprint density at radius 1 is 1.00 bits per heavy atom. The third-order valence-electron chi connectivity index (χ3n) is 5.04. The molecule has 0 atom stereocenters. The summed E-state index contributed by atoms with van der Waals surface area (Å²) in [4.78, 5) is -0.339. The second-order valence-electron chi connectivity index (χ2n) is 7.23. The molecule has 164 valence electrons. The summed E-state index contributed by atoms with van der Waals surface area (Å²) >= 11 is 0. The number of nitrogens with zero attached hydrogens (tertiary/aromatic N) is 5. The predicted molar refractivity (Wildman–Crippen MR) is 118 cm³/mol. The lowest BCUT2D eigenvalue weighted by Gasteiger charge is -2.19. The average molecular weight is 452 g/mol. The highest BCUT2D eigenvalue weighted by Crippen LogP contribution is 2.38. The van der Waals surface area contributed by atoms with E-state index < -0.39 is 15.8 Å². The number of aromatic hydroxyl groups is 2. The molecule has 0 spiro atoms. The number of para-hydroxylation sites is 1. The van der Waals surface area contributed by atoms with E-state index >= 15 is 0 Å². The number of phenolic OH excluding ortho intramolecular Hbond substituents is 2. The zero-order chi connectivity index (χ0) is 22.9. The van der Waals surface area contributed by atoms with Crippen LogP contribution < -0.4 is 0 Å². The minimum Gasteiger partial charge on any atom is -0.507 e. The third-order valence-corrected chi connectivity index (χ3v) is 6.87. The van der Waals surface area contributed by atoms with Crippen molar-refractivity contribution < 1.29 is 18.6 Å². The maximum absolute atomic E-state index is 13.2. The van der Waals surface area contributed by atoms with Crippen molar-refractivity contribution in [3.63, 3.8) is 0 Å². The van der Waals surface area contributed by atoms with Crippen LogP contribution in [0.3, 0.4) is 0 Å². The molecule has 32 heavy (non-hydrogen) atoms. The predicted octanol–water partition coefficient (Wildman–Crippen LogP) is 2.87. The highest BCUT2D eigenvalue weighted by Gasteiger charge is 2.27. The highest BCUT2D eigenvalue weighted by molar-refractivity contribution is 7.89. The third kappa shape index (κ3) is 3.93. The van der Waals surface area contributed by atoms with Crippen LogP contribution in [0.25, 0.3) is 16.9 Å². The van der Waals surface area contributed by atoms with Gasteiger partial charge in [-0.2, -0.15) is 19.6 Å². The summed E-state index contributed by atoms with van der Waals surface area (Å²) in [5.74, 6) is -0.826. The Bertz CT molecular complexity index is 1370. The standard InChI is InChI=1S/C22H21N5O4S/c1-15-6-3-4-8-18(15)27-19(9-11-24-27)17-12-22(21(29)13-20(17)28)32(30,31)26(2)14-16-7-5-10-23-25-16/h3-13,28-29H,14H2,1-2H3. The van der Waals surface area contributed by atoms with Gasteiger partial charge in [0.2, 0.25) is 10.0 Å². The van der Waals surface area contributed by atoms with Gasteiger partial charge in [-0.25, -0.2) is 13.1 Å². The van der Waals surface area contributed by atoms with E-state index in [2.05, 4.69) is 15.3 Å². The van der Waals surface area contributed by atoms with E-state index in [1.807, 2.05) is 31.2 Å². The van der Waals surface area contributed by atoms with Crippen LogP contribution in [0.4, 0.5) is 0 Å². The SMILES string of the molecule is Cc1ccccc1-n1nccc1-c1cc(S(=O)(=O)N(C)Cc2cccnn2)c(O)cc1O. The fraction of sp³-hybridized carbons (Fsp3) is 0.136. The zero-order valence-electron chi connectivity index (χ0n) is 17.4. The largest absolute Gasteiger partial charge is 0.507 e. The van der Waals surface area contributed by atoms with Crippen molar-refractivity contribution in [3.05, 3.63) is 78.2 Å². The Morgan fingerprint density at radius 3 is 2.50 bits per heavy atom. The second-order valence-corrected chi connectivity index (χ2v) is 9.24. The van der Waals surface area contributed by atoms with Crippen LogP contribution in [0.2, 0.25) is 0 Å². The number of phenols is 2. The Morgan fingerprint density at radius 2 is 1.78 bits per heavy atom. The Hall–Kier alpha value is -3.76. The summed E-state index contributed by atoms with van der Waals surface area (Å²) in [7, 11) is -2.73. The molecule has 0 saturated heterocycles. The van der Waals surface area contributed by atoms with Crippen LogP contribution in [0.5, 0.6) is 11.5 Å². The molecule has 9 nitrogen and oxygen atoms in total. The van der Waals surface area contributed by atoms with E-state index in [0.717, 1.165) is 21.6 Å². The van der Waals surface area contributed by atoms with Crippen LogP contribution in [0.1, 0.15) is 11.3 Å². The molecule has 2 aromatic heterocycles. The van der Waals surface area contributed by atoms with E-state index in [9.17, 15) is 18.6 Å². The lowest BCUT2D eigenvalue weighted by atomic mass is 10.1. The Balaban J connectivity index is 1.79. The summed E-state index contributed by atoms with van der Waals surface area (Å²) in [6.45, 7) is 1.89. The molecule has 2 N–H and O–H groups in total. The second kappa shape index (κ2) is 8.40. The lowest BCUT2D eigenvalue weighted by Crippen LogP contribution is -2.27. The molecule has 0 amide bonds. The fourth-order valence-electron chi connectivity index (χ4n) is 3.37. The number of aryl methyl sites for hydroxylation is 1. The fourth-order valence-corrected chi connectivity index (χ4v) is 4.60. The van der Waals surface area contributed by atoms with Crippen molar-refractivity contribution in [3.8, 4) is 28.4 Å². The van der Waals surface area contributed by atoms with Gasteiger partial charge in [-0.3, -0.25) is 0 Å². The van der Waals surface area contributed by atoms with Gasteiger partial charge in [0.05, 0.1) is 29.8 Å². The highest BCUT2D eigenvalue weighted by atomic mass is 32.2. The quantitative estimate of drug-likeness (QED) is 0.462. The van der Waals surface area contributed by atoms with Crippen LogP contribution in [0.15, 0.2) is 71.9 Å². The normalized spacial score (nSPS) is 11.7. The molecule has 2 aromatic carbocycles. The molecular weight excluding hydrogens is 430 g/mol. The van der Waals surface area contributed by atoms with Gasteiger partial charge in [-0.05, 0) is 42.8 Å². The van der Waals surface area contributed by atoms with Gasteiger partial charge >= 0.3 is 0 Å². The maximum atomic E-state index is 13.2. The van der Waals surface area contributed by atoms with Crippen molar-refractivity contribution >= 4 is 10.0 Å². The molecule has 0 aliphatic rings. The molecular formula is C22H21N5O4S. The molecule has 4 aromatic rings. The van der Waals surface area contributed by atoms with Crippen LogP contribution in [0, 0.1) is 6.92 Å². The monoisotopic (exact) mass is 451 g/mol. The average Bonchev–Trinajstić information content (AvgIpc) is 3.24. The van der Waals surface area contributed by atoms with Gasteiger partial charge < -0.3 is 10.2 Å². The van der Waals surface area contributed by atoms with E-state index in [-0.39, 0.29) is 22.8 Å². The van der Waals surface area contributed by atoms with Gasteiger partial charge in [0.1, 0.15) is 16.4 Å². The number of aromatic nitrogens is 4. The molecule has 0 aliphatic carbocycles. The minimum atomic E-state index is -4.11. The van der Waals surface area contributed by atoms with Crippen molar-refractivity contribution in [1.82, 2.24) is 24.3 Å². The Labute approximate surface area is 185 Å². The lowest BCUT2D eigenvalue weighted by molar-refractivity contribution is 0.428. The van der Waals surface area contributed by atoms with Crippen LogP contribution >= 0.6 is 0 Å². The molecule has 0 radical (unpaired) electrons. The first-order valence-electron chi connectivity index (χ1n) is 9.68. The molecule has 0 fully saturated rings. The first-order chi connectivity index (χ1) is 15.3. The number of hydrogen-bond donors (Lipinski definition) is 2. The van der Waals surface area contributed by atoms with E-state index in [1.54, 1.807) is 29.1 Å². The molecule has 0 unspecified atom stereocenters. The first-order valence-corrected chi connectivity index (χ1v) is 11.1. The number of benzene rings is 2. The maximum Gasteiger partial charge on any atom is 0.246 e. The zero-order valence-corrected chi connectivity index (χ0v) is 18.2. The van der Waals surface area contributed by atoms with E-state index in [1.165, 1.54) is 19.3 Å². The van der Waals surface area contributed by atoms with Crippen molar-refractivity contribution in [2.45, 2.75) is 18.4 Å². The Kier molecular flexibility index (Phi) is 5.64. The number of rotatable bonds is 6. The molecule has 0 saturated carbocycles. The minimum absolute atomic E-state index is 0.0348. The molecule has 0 aliphatic heterocycles. The van der Waals surface area contributed by atoms with E-state index in [4.69, 9.17) is 0 Å². The molecule has 4 rings (SSSR count). The summed E-state index contributed by atoms with van der Waals surface area (Å²) in [5.41, 5.74) is 2.88.